The zero-order chi connectivity index (χ0) is 5.98. The first kappa shape index (κ1) is 5.26. The van der Waals surface area contributed by atoms with E-state index >= 15 is 0 Å². The highest BCUT2D eigenvalue weighted by Gasteiger charge is 2.09. The van der Waals surface area contributed by atoms with Crippen molar-refractivity contribution < 1.29 is 0 Å². The molecule has 0 bridgehead atoms. The first-order chi connectivity index (χ1) is 3.83. The molecule has 1 radical (unpaired) electrons. The highest BCUT2D eigenvalue weighted by Crippen LogP contribution is 1.99. The van der Waals surface area contributed by atoms with Crippen molar-refractivity contribution in [1.82, 2.24) is 4.90 Å². The lowest BCUT2D eigenvalue weighted by molar-refractivity contribution is 0.488. The monoisotopic (exact) mass is 108 g/mol. The number of hydrogen-bond acceptors (Lipinski definition) is 3. The molecule has 8 heavy (non-hydrogen) atoms. The first-order valence-electron chi connectivity index (χ1n) is 2.33. The smallest absolute Gasteiger partial charge is 0.139 e. The third-order valence-corrected chi connectivity index (χ3v) is 0.939. The maximum atomic E-state index is 8.26. The topological polar surface area (TPSA) is 39.4 Å². The van der Waals surface area contributed by atoms with E-state index in [1.54, 1.807) is 6.67 Å². The molecule has 0 N–H and O–H groups in total. The quantitative estimate of drug-likeness (QED) is 0.438. The molecule has 0 spiro atoms. The van der Waals surface area contributed by atoms with Crippen LogP contribution in [0.25, 0.3) is 0 Å². The van der Waals surface area contributed by atoms with E-state index in [1.165, 1.54) is 0 Å². The van der Waals surface area contributed by atoms with Crippen molar-refractivity contribution in [2.75, 3.05) is 13.6 Å². The Labute approximate surface area is 48.2 Å². The molecule has 41 valence electrons. The zero-order valence-corrected chi connectivity index (χ0v) is 4.63. The van der Waals surface area contributed by atoms with Crippen LogP contribution in [-0.2, 0) is 0 Å². The molecule has 1 heterocycles. The van der Waals surface area contributed by atoms with Crippen LogP contribution in [0, 0.1) is 18.0 Å². The molecule has 0 fully saturated rings. The molecule has 1 aliphatic heterocycles. The number of hydrogen-bond donors (Lipinski definition) is 0. The van der Waals surface area contributed by atoms with Gasteiger partial charge in [0.25, 0.3) is 0 Å². The van der Waals surface area contributed by atoms with Crippen LogP contribution in [0.15, 0.2) is 4.99 Å². The molecular weight excluding hydrogens is 102 g/mol. The van der Waals surface area contributed by atoms with Gasteiger partial charge in [-0.25, -0.2) is 0 Å². The molecule has 0 saturated carbocycles. The average Bonchev–Trinajstić information content (AvgIpc) is 2.14. The molecule has 0 saturated heterocycles. The van der Waals surface area contributed by atoms with E-state index in [-0.39, 0.29) is 0 Å². The number of rotatable bonds is 0. The Morgan fingerprint density at radius 3 is 3.00 bits per heavy atom. The van der Waals surface area contributed by atoms with Gasteiger partial charge in [0.2, 0.25) is 0 Å². The Hall–Kier alpha value is -0.880. The summed E-state index contributed by atoms with van der Waals surface area (Å²) in [5.41, 5.74) is 0.590. The summed E-state index contributed by atoms with van der Waals surface area (Å²) < 4.78 is 0. The second-order valence-corrected chi connectivity index (χ2v) is 1.72. The van der Waals surface area contributed by atoms with Crippen LogP contribution in [0.1, 0.15) is 0 Å². The van der Waals surface area contributed by atoms with Crippen LogP contribution in [0.3, 0.4) is 0 Å². The van der Waals surface area contributed by atoms with Crippen LogP contribution in [-0.4, -0.2) is 24.2 Å². The normalized spacial score (nSPS) is 20.2. The predicted octanol–water partition coefficient (Wildman–Crippen LogP) is 0.0157. The van der Waals surface area contributed by atoms with Gasteiger partial charge in [0.15, 0.2) is 0 Å². The Morgan fingerprint density at radius 2 is 2.75 bits per heavy atom. The minimum atomic E-state index is 0.590. The molecule has 0 aliphatic carbocycles. The minimum Gasteiger partial charge on any atom is -0.275 e. The van der Waals surface area contributed by atoms with Gasteiger partial charge in [0.05, 0.1) is 6.54 Å². The predicted molar refractivity (Wildman–Crippen MR) is 30.0 cm³/mol. The standard InChI is InChI=1S/C5H6N3/c1-8-3-5(2-6)7-4-8/h4H,3H2,1H3. The van der Waals surface area contributed by atoms with Crippen molar-refractivity contribution in [3.05, 3.63) is 6.67 Å². The molecule has 0 amide bonds. The van der Waals surface area contributed by atoms with E-state index in [9.17, 15) is 0 Å². The van der Waals surface area contributed by atoms with Gasteiger partial charge in [-0.15, -0.1) is 0 Å². The fourth-order valence-electron chi connectivity index (χ4n) is 0.550. The highest BCUT2D eigenvalue weighted by molar-refractivity contribution is 6.01. The molecule has 0 atom stereocenters. The molecule has 1 rings (SSSR count). The van der Waals surface area contributed by atoms with E-state index in [2.05, 4.69) is 4.99 Å². The fraction of sp³-hybridized carbons (Fsp3) is 0.400. The lowest BCUT2D eigenvalue weighted by Gasteiger charge is -1.99. The summed E-state index contributed by atoms with van der Waals surface area (Å²) in [6.07, 6.45) is 0. The van der Waals surface area contributed by atoms with Gasteiger partial charge < -0.3 is 0 Å². The minimum absolute atomic E-state index is 0.590. The summed E-state index contributed by atoms with van der Waals surface area (Å²) in [5, 5.41) is 8.26. The fourth-order valence-corrected chi connectivity index (χ4v) is 0.550. The number of aliphatic imine (C=N–C) groups is 1. The molecule has 1 aliphatic rings. The summed E-state index contributed by atoms with van der Waals surface area (Å²) in [6, 6.07) is 1.97. The third-order valence-electron chi connectivity index (χ3n) is 0.939. The Bertz CT molecular complexity index is 154. The molecule has 3 nitrogen and oxygen atoms in total. The SMILES string of the molecule is CN1[CH]N=C(C#N)C1. The van der Waals surface area contributed by atoms with Crippen LogP contribution in [0.4, 0.5) is 0 Å². The molecule has 0 aromatic heterocycles. The second-order valence-electron chi connectivity index (χ2n) is 1.72. The Kier molecular flexibility index (Phi) is 1.27. The van der Waals surface area contributed by atoms with Gasteiger partial charge in [0, 0.05) is 0 Å². The second kappa shape index (κ2) is 1.93. The molecule has 0 aromatic carbocycles. The van der Waals surface area contributed by atoms with Crippen molar-refractivity contribution in [3.63, 3.8) is 0 Å². The van der Waals surface area contributed by atoms with E-state index in [0.29, 0.717) is 12.3 Å². The van der Waals surface area contributed by atoms with Crippen LogP contribution < -0.4 is 0 Å². The number of nitriles is 1. The van der Waals surface area contributed by atoms with E-state index in [4.69, 9.17) is 5.26 Å². The summed E-state index contributed by atoms with van der Waals surface area (Å²) in [4.78, 5) is 5.65. The van der Waals surface area contributed by atoms with Crippen molar-refractivity contribution >= 4 is 5.71 Å². The van der Waals surface area contributed by atoms with Gasteiger partial charge in [-0.2, -0.15) is 5.26 Å². The molecular formula is C5H6N3. The van der Waals surface area contributed by atoms with Crippen molar-refractivity contribution in [3.8, 4) is 6.07 Å². The third kappa shape index (κ3) is 0.849. The van der Waals surface area contributed by atoms with Crippen molar-refractivity contribution in [2.45, 2.75) is 0 Å². The Balaban J connectivity index is 2.53. The number of nitrogens with zero attached hydrogens (tertiary/aromatic N) is 3. The lowest BCUT2D eigenvalue weighted by atomic mass is 10.4. The molecule has 0 aromatic rings. The van der Waals surface area contributed by atoms with Gasteiger partial charge in [-0.05, 0) is 7.05 Å². The summed E-state index contributed by atoms with van der Waals surface area (Å²) >= 11 is 0. The molecule has 3 heteroatoms. The average molecular weight is 108 g/mol. The lowest BCUT2D eigenvalue weighted by Crippen LogP contribution is -2.13. The maximum absolute atomic E-state index is 8.26. The summed E-state index contributed by atoms with van der Waals surface area (Å²) in [6.45, 7) is 2.31. The largest absolute Gasteiger partial charge is 0.275 e. The van der Waals surface area contributed by atoms with Crippen molar-refractivity contribution in [2.24, 2.45) is 4.99 Å². The summed E-state index contributed by atoms with van der Waals surface area (Å²) in [7, 11) is 1.88. The zero-order valence-electron chi connectivity index (χ0n) is 4.63. The highest BCUT2D eigenvalue weighted by atomic mass is 15.2. The van der Waals surface area contributed by atoms with Gasteiger partial charge >= 0.3 is 0 Å². The molecule has 0 unspecified atom stereocenters. The van der Waals surface area contributed by atoms with Crippen LogP contribution >= 0.6 is 0 Å². The summed E-state index contributed by atoms with van der Waals surface area (Å²) in [5.74, 6) is 0. The van der Waals surface area contributed by atoms with E-state index in [1.807, 2.05) is 18.0 Å². The van der Waals surface area contributed by atoms with E-state index < -0.39 is 0 Å². The van der Waals surface area contributed by atoms with Crippen LogP contribution in [0.5, 0.6) is 0 Å². The van der Waals surface area contributed by atoms with Gasteiger partial charge in [-0.1, -0.05) is 0 Å². The van der Waals surface area contributed by atoms with Gasteiger partial charge in [-0.3, -0.25) is 9.89 Å². The van der Waals surface area contributed by atoms with Crippen molar-refractivity contribution in [1.29, 1.82) is 5.26 Å². The first-order valence-corrected chi connectivity index (χ1v) is 2.33. The maximum Gasteiger partial charge on any atom is 0.139 e. The van der Waals surface area contributed by atoms with Gasteiger partial charge in [0.1, 0.15) is 18.4 Å². The van der Waals surface area contributed by atoms with E-state index in [0.717, 1.165) is 0 Å². The Morgan fingerprint density at radius 1 is 2.00 bits per heavy atom. The van der Waals surface area contributed by atoms with Crippen LogP contribution in [0.2, 0.25) is 0 Å².